The van der Waals surface area contributed by atoms with Crippen LogP contribution in [0.5, 0.6) is 0 Å². The SMILES string of the molecule is Cc1cccc(NC(=O)CCCCCN=C2NS(=O)(=O)c3ccccc32)c1C(=O)N1CCCC1. The van der Waals surface area contributed by atoms with Gasteiger partial charge in [0.15, 0.2) is 0 Å². The second-order valence-corrected chi connectivity index (χ2v) is 10.3. The quantitative estimate of drug-likeness (QED) is 0.562. The second-order valence-electron chi connectivity index (χ2n) is 8.69. The van der Waals surface area contributed by atoms with Crippen LogP contribution in [0.3, 0.4) is 0 Å². The molecule has 0 bridgehead atoms. The zero-order chi connectivity index (χ0) is 24.1. The van der Waals surface area contributed by atoms with Gasteiger partial charge in [-0.3, -0.25) is 19.3 Å². The fourth-order valence-electron chi connectivity index (χ4n) is 4.36. The number of amidine groups is 1. The molecule has 0 aromatic heterocycles. The number of fused-ring (bicyclic) bond motifs is 1. The van der Waals surface area contributed by atoms with Gasteiger partial charge in [-0.1, -0.05) is 30.7 Å². The van der Waals surface area contributed by atoms with Crippen molar-refractivity contribution in [3.8, 4) is 0 Å². The van der Waals surface area contributed by atoms with Gasteiger partial charge in [-0.25, -0.2) is 8.42 Å². The fourth-order valence-corrected chi connectivity index (χ4v) is 5.61. The number of hydrogen-bond acceptors (Lipinski definition) is 5. The van der Waals surface area contributed by atoms with E-state index in [1.54, 1.807) is 30.3 Å². The van der Waals surface area contributed by atoms with E-state index in [2.05, 4.69) is 15.0 Å². The van der Waals surface area contributed by atoms with Gasteiger partial charge in [0.25, 0.3) is 15.9 Å². The van der Waals surface area contributed by atoms with Gasteiger partial charge in [-0.05, 0) is 56.4 Å². The van der Waals surface area contributed by atoms with Gasteiger partial charge in [0.2, 0.25) is 5.91 Å². The van der Waals surface area contributed by atoms with Crippen molar-refractivity contribution in [2.45, 2.75) is 50.3 Å². The van der Waals surface area contributed by atoms with Gasteiger partial charge in [0.05, 0.1) is 16.1 Å². The zero-order valence-corrected chi connectivity index (χ0v) is 20.2. The molecule has 1 saturated heterocycles. The lowest BCUT2D eigenvalue weighted by atomic mass is 10.0. The van der Waals surface area contributed by atoms with Gasteiger partial charge < -0.3 is 10.2 Å². The number of benzene rings is 2. The van der Waals surface area contributed by atoms with Crippen LogP contribution in [-0.4, -0.2) is 50.6 Å². The first kappa shape index (κ1) is 23.9. The summed E-state index contributed by atoms with van der Waals surface area (Å²) in [4.78, 5) is 32.0. The summed E-state index contributed by atoms with van der Waals surface area (Å²) in [5.74, 6) is 0.238. The van der Waals surface area contributed by atoms with Crippen LogP contribution in [0.15, 0.2) is 52.4 Å². The van der Waals surface area contributed by atoms with Crippen LogP contribution in [0.2, 0.25) is 0 Å². The van der Waals surface area contributed by atoms with E-state index in [1.165, 1.54) is 0 Å². The predicted molar refractivity (Wildman–Crippen MR) is 132 cm³/mol. The molecule has 2 aliphatic rings. The van der Waals surface area contributed by atoms with Crippen molar-refractivity contribution < 1.29 is 18.0 Å². The number of carbonyl (C=O) groups excluding carboxylic acids is 2. The molecule has 2 heterocycles. The molecule has 0 spiro atoms. The molecule has 4 rings (SSSR count). The number of rotatable bonds is 8. The Bertz CT molecular complexity index is 1220. The Kier molecular flexibility index (Phi) is 7.31. The molecule has 0 atom stereocenters. The van der Waals surface area contributed by atoms with Gasteiger partial charge in [-0.2, -0.15) is 0 Å². The van der Waals surface area contributed by atoms with Crippen LogP contribution < -0.4 is 10.0 Å². The lowest BCUT2D eigenvalue weighted by molar-refractivity contribution is -0.116. The number of unbranched alkanes of at least 4 members (excludes halogenated alkanes) is 2. The van der Waals surface area contributed by atoms with Crippen molar-refractivity contribution in [2.75, 3.05) is 25.0 Å². The molecule has 2 aromatic rings. The number of anilines is 1. The van der Waals surface area contributed by atoms with Crippen LogP contribution in [0.4, 0.5) is 5.69 Å². The first-order valence-corrected chi connectivity index (χ1v) is 13.2. The highest BCUT2D eigenvalue weighted by Crippen LogP contribution is 2.24. The number of nitrogens with zero attached hydrogens (tertiary/aromatic N) is 2. The molecule has 2 aliphatic heterocycles. The van der Waals surface area contributed by atoms with Crippen molar-refractivity contribution >= 4 is 33.4 Å². The third kappa shape index (κ3) is 5.30. The Morgan fingerprint density at radius 3 is 2.59 bits per heavy atom. The topological polar surface area (TPSA) is 108 Å². The third-order valence-electron chi connectivity index (χ3n) is 6.15. The molecule has 2 amide bonds. The number of nitrogens with one attached hydrogen (secondary N) is 2. The van der Waals surface area contributed by atoms with Crippen LogP contribution in [0.1, 0.15) is 60.0 Å². The first-order valence-electron chi connectivity index (χ1n) is 11.7. The molecule has 9 heteroatoms. The summed E-state index contributed by atoms with van der Waals surface area (Å²) in [6, 6.07) is 12.3. The van der Waals surface area contributed by atoms with E-state index in [4.69, 9.17) is 0 Å². The number of carbonyl (C=O) groups is 2. The Labute approximate surface area is 200 Å². The maximum atomic E-state index is 12.9. The summed E-state index contributed by atoms with van der Waals surface area (Å²) in [6.07, 6.45) is 4.58. The average Bonchev–Trinajstić information content (AvgIpc) is 3.43. The molecular weight excluding hydrogens is 452 g/mol. The van der Waals surface area contributed by atoms with Crippen molar-refractivity contribution in [1.82, 2.24) is 9.62 Å². The number of hydrogen-bond donors (Lipinski definition) is 2. The molecule has 1 fully saturated rings. The normalized spacial score (nSPS) is 17.4. The van der Waals surface area contributed by atoms with Crippen LogP contribution in [-0.2, 0) is 14.8 Å². The van der Waals surface area contributed by atoms with E-state index < -0.39 is 10.0 Å². The number of amides is 2. The van der Waals surface area contributed by atoms with E-state index in [9.17, 15) is 18.0 Å². The van der Waals surface area contributed by atoms with Crippen LogP contribution in [0, 0.1) is 6.92 Å². The minimum absolute atomic E-state index is 0.0193. The van der Waals surface area contributed by atoms with E-state index in [0.29, 0.717) is 42.0 Å². The Morgan fingerprint density at radius 1 is 1.03 bits per heavy atom. The highest BCUT2D eigenvalue weighted by Gasteiger charge is 2.30. The zero-order valence-electron chi connectivity index (χ0n) is 19.3. The van der Waals surface area contributed by atoms with Gasteiger partial charge in [0, 0.05) is 31.6 Å². The fraction of sp³-hybridized carbons (Fsp3) is 0.400. The third-order valence-corrected chi connectivity index (χ3v) is 7.55. The van der Waals surface area contributed by atoms with E-state index >= 15 is 0 Å². The maximum Gasteiger partial charge on any atom is 0.263 e. The van der Waals surface area contributed by atoms with Gasteiger partial charge >= 0.3 is 0 Å². The largest absolute Gasteiger partial charge is 0.339 e. The molecule has 0 unspecified atom stereocenters. The summed E-state index contributed by atoms with van der Waals surface area (Å²) < 4.78 is 26.7. The molecule has 180 valence electrons. The molecule has 8 nitrogen and oxygen atoms in total. The minimum Gasteiger partial charge on any atom is -0.339 e. The molecular formula is C25H30N4O4S. The summed E-state index contributed by atoms with van der Waals surface area (Å²) in [6.45, 7) is 3.89. The van der Waals surface area contributed by atoms with Crippen molar-refractivity contribution in [1.29, 1.82) is 0 Å². The molecule has 34 heavy (non-hydrogen) atoms. The molecule has 0 saturated carbocycles. The first-order chi connectivity index (χ1) is 16.4. The Morgan fingerprint density at radius 2 is 1.79 bits per heavy atom. The number of likely N-dealkylation sites (tertiary alicyclic amines) is 1. The smallest absolute Gasteiger partial charge is 0.263 e. The minimum atomic E-state index is -3.52. The van der Waals surface area contributed by atoms with Crippen LogP contribution in [0.25, 0.3) is 0 Å². The second kappa shape index (κ2) is 10.4. The van der Waals surface area contributed by atoms with E-state index in [1.807, 2.05) is 24.0 Å². The van der Waals surface area contributed by atoms with Gasteiger partial charge in [0.1, 0.15) is 5.84 Å². The lowest BCUT2D eigenvalue weighted by Gasteiger charge is -2.19. The van der Waals surface area contributed by atoms with E-state index in [0.717, 1.165) is 44.3 Å². The number of aliphatic imine (C=N–C) groups is 1. The maximum absolute atomic E-state index is 12.9. The highest BCUT2D eigenvalue weighted by atomic mass is 32.2. The Hall–Kier alpha value is -3.20. The standard InChI is InChI=1S/C25H30N4O4S/c1-18-10-9-12-20(23(18)25(31)29-16-7-8-17-29)27-22(30)14-3-2-6-15-26-24-19-11-4-5-13-21(19)34(32,33)28-24/h4-5,9-13H,2-3,6-8,14-17H2,1H3,(H,26,28)(H,27,30). The van der Waals surface area contributed by atoms with E-state index in [-0.39, 0.29) is 16.7 Å². The molecule has 2 aromatic carbocycles. The molecule has 0 aliphatic carbocycles. The summed E-state index contributed by atoms with van der Waals surface area (Å²) in [5.41, 5.74) is 2.60. The van der Waals surface area contributed by atoms with Crippen LogP contribution >= 0.6 is 0 Å². The Balaban J connectivity index is 1.26. The number of sulfonamides is 1. The lowest BCUT2D eigenvalue weighted by Crippen LogP contribution is -2.29. The summed E-state index contributed by atoms with van der Waals surface area (Å²) >= 11 is 0. The number of aryl methyl sites for hydroxylation is 1. The summed E-state index contributed by atoms with van der Waals surface area (Å²) in [5, 5.41) is 2.92. The average molecular weight is 483 g/mol. The molecule has 2 N–H and O–H groups in total. The monoisotopic (exact) mass is 482 g/mol. The summed E-state index contributed by atoms with van der Waals surface area (Å²) in [7, 11) is -3.52. The predicted octanol–water partition coefficient (Wildman–Crippen LogP) is 3.47. The highest BCUT2D eigenvalue weighted by molar-refractivity contribution is 7.90. The van der Waals surface area contributed by atoms with Crippen molar-refractivity contribution in [3.63, 3.8) is 0 Å². The van der Waals surface area contributed by atoms with Gasteiger partial charge in [-0.15, -0.1) is 0 Å². The van der Waals surface area contributed by atoms with Crippen molar-refractivity contribution in [2.24, 2.45) is 4.99 Å². The molecule has 0 radical (unpaired) electrons. The van der Waals surface area contributed by atoms with Crippen molar-refractivity contribution in [3.05, 3.63) is 59.2 Å².